The summed E-state index contributed by atoms with van der Waals surface area (Å²) in [5.41, 5.74) is 1.60. The summed E-state index contributed by atoms with van der Waals surface area (Å²) in [5.74, 6) is -0.220. The van der Waals surface area contributed by atoms with Crippen molar-refractivity contribution < 1.29 is 14.7 Å². The fourth-order valence-electron chi connectivity index (χ4n) is 1.96. The first kappa shape index (κ1) is 17.9. The molecule has 0 spiro atoms. The van der Waals surface area contributed by atoms with Crippen molar-refractivity contribution in [2.75, 3.05) is 25.0 Å². The fraction of sp³-hybridized carbons (Fsp3) is 0.412. The molecule has 22 heavy (non-hydrogen) atoms. The molecule has 0 heterocycles. The predicted octanol–water partition coefficient (Wildman–Crippen LogP) is 2.28. The number of aliphatic hydroxyl groups excluding tert-OH is 1. The molecule has 1 rings (SSSR count). The Morgan fingerprint density at radius 3 is 2.45 bits per heavy atom. The van der Waals surface area contributed by atoms with Crippen LogP contribution in [0.25, 0.3) is 6.08 Å². The highest BCUT2D eigenvalue weighted by Gasteiger charge is 2.08. The second-order valence-electron chi connectivity index (χ2n) is 5.04. The van der Waals surface area contributed by atoms with Crippen LogP contribution < -0.4 is 5.32 Å². The summed E-state index contributed by atoms with van der Waals surface area (Å²) in [6, 6.07) is 7.23. The molecule has 5 heteroatoms. The van der Waals surface area contributed by atoms with Crippen molar-refractivity contribution in [2.45, 2.75) is 26.7 Å². The molecule has 0 aliphatic carbocycles. The molecular weight excluding hydrogens is 280 g/mol. The standard InChI is InChI=1S/C17H24N2O3/c1-3-4-11-19(12-13-20)17(22)10-7-15-5-8-16(9-6-15)18-14(2)21/h5-10,20H,3-4,11-13H2,1-2H3,(H,18,21)/b10-7+. The van der Waals surface area contributed by atoms with E-state index in [0.29, 0.717) is 13.1 Å². The lowest BCUT2D eigenvalue weighted by Crippen LogP contribution is -2.33. The quantitative estimate of drug-likeness (QED) is 0.724. The summed E-state index contributed by atoms with van der Waals surface area (Å²) in [6.07, 6.45) is 5.17. The third kappa shape index (κ3) is 6.54. The van der Waals surface area contributed by atoms with Crippen molar-refractivity contribution >= 4 is 23.6 Å². The normalized spacial score (nSPS) is 10.7. The molecule has 0 bridgehead atoms. The van der Waals surface area contributed by atoms with E-state index in [-0.39, 0.29) is 18.4 Å². The van der Waals surface area contributed by atoms with E-state index in [1.165, 1.54) is 13.0 Å². The van der Waals surface area contributed by atoms with Gasteiger partial charge in [0.2, 0.25) is 11.8 Å². The third-order valence-corrected chi connectivity index (χ3v) is 3.11. The zero-order chi connectivity index (χ0) is 16.4. The Morgan fingerprint density at radius 1 is 1.23 bits per heavy atom. The van der Waals surface area contributed by atoms with E-state index in [1.807, 2.05) is 12.1 Å². The zero-order valence-corrected chi connectivity index (χ0v) is 13.2. The number of nitrogens with one attached hydrogen (secondary N) is 1. The molecule has 5 nitrogen and oxygen atoms in total. The summed E-state index contributed by atoms with van der Waals surface area (Å²) in [4.78, 5) is 24.7. The average molecular weight is 304 g/mol. The minimum absolute atomic E-state index is 0.0330. The highest BCUT2D eigenvalue weighted by molar-refractivity contribution is 5.92. The molecule has 0 saturated heterocycles. The molecule has 0 aromatic heterocycles. The molecule has 0 saturated carbocycles. The molecule has 0 radical (unpaired) electrons. The number of carbonyl (C=O) groups is 2. The Labute approximate surface area is 131 Å². The third-order valence-electron chi connectivity index (χ3n) is 3.11. The van der Waals surface area contributed by atoms with E-state index in [1.54, 1.807) is 23.1 Å². The van der Waals surface area contributed by atoms with Gasteiger partial charge in [-0.05, 0) is 30.2 Å². The number of rotatable bonds is 8. The number of unbranched alkanes of at least 4 members (excludes halogenated alkanes) is 1. The maximum atomic E-state index is 12.1. The van der Waals surface area contributed by atoms with Crippen molar-refractivity contribution in [3.8, 4) is 0 Å². The van der Waals surface area contributed by atoms with Gasteiger partial charge in [-0.2, -0.15) is 0 Å². The van der Waals surface area contributed by atoms with E-state index >= 15 is 0 Å². The second kappa shape index (κ2) is 9.73. The van der Waals surface area contributed by atoms with Gasteiger partial charge < -0.3 is 15.3 Å². The van der Waals surface area contributed by atoms with Crippen LogP contribution in [0.5, 0.6) is 0 Å². The van der Waals surface area contributed by atoms with Crippen LogP contribution in [-0.4, -0.2) is 41.5 Å². The van der Waals surface area contributed by atoms with Gasteiger partial charge in [0.15, 0.2) is 0 Å². The molecule has 120 valence electrons. The molecule has 0 atom stereocenters. The minimum atomic E-state index is -0.117. The predicted molar refractivity (Wildman–Crippen MR) is 88.4 cm³/mol. The van der Waals surface area contributed by atoms with Gasteiger partial charge in [-0.25, -0.2) is 0 Å². The largest absolute Gasteiger partial charge is 0.395 e. The van der Waals surface area contributed by atoms with Gasteiger partial charge in [-0.1, -0.05) is 25.5 Å². The Kier molecular flexibility index (Phi) is 7.92. The molecular formula is C17H24N2O3. The van der Waals surface area contributed by atoms with Crippen LogP contribution in [0.15, 0.2) is 30.3 Å². The van der Waals surface area contributed by atoms with Crippen molar-refractivity contribution in [1.29, 1.82) is 0 Å². The smallest absolute Gasteiger partial charge is 0.246 e. The molecule has 0 aliphatic heterocycles. The van der Waals surface area contributed by atoms with E-state index < -0.39 is 0 Å². The number of amides is 2. The zero-order valence-electron chi connectivity index (χ0n) is 13.2. The van der Waals surface area contributed by atoms with Crippen LogP contribution in [0.2, 0.25) is 0 Å². The molecule has 2 N–H and O–H groups in total. The van der Waals surface area contributed by atoms with Gasteiger partial charge in [-0.3, -0.25) is 9.59 Å². The lowest BCUT2D eigenvalue weighted by Gasteiger charge is -2.19. The average Bonchev–Trinajstić information content (AvgIpc) is 2.50. The van der Waals surface area contributed by atoms with Gasteiger partial charge in [0, 0.05) is 31.8 Å². The van der Waals surface area contributed by atoms with E-state index in [4.69, 9.17) is 5.11 Å². The Bertz CT molecular complexity index is 509. The van der Waals surface area contributed by atoms with Crippen molar-refractivity contribution in [3.05, 3.63) is 35.9 Å². The Hall–Kier alpha value is -2.14. The van der Waals surface area contributed by atoms with Crippen LogP contribution in [-0.2, 0) is 9.59 Å². The van der Waals surface area contributed by atoms with Crippen LogP contribution in [0.3, 0.4) is 0 Å². The second-order valence-corrected chi connectivity index (χ2v) is 5.04. The van der Waals surface area contributed by atoms with Gasteiger partial charge in [-0.15, -0.1) is 0 Å². The molecule has 0 aliphatic rings. The van der Waals surface area contributed by atoms with E-state index in [0.717, 1.165) is 24.1 Å². The number of hydrogen-bond acceptors (Lipinski definition) is 3. The fourth-order valence-corrected chi connectivity index (χ4v) is 1.96. The van der Waals surface area contributed by atoms with E-state index in [9.17, 15) is 9.59 Å². The number of carbonyl (C=O) groups excluding carboxylic acids is 2. The lowest BCUT2D eigenvalue weighted by molar-refractivity contribution is -0.126. The van der Waals surface area contributed by atoms with Gasteiger partial charge in [0.25, 0.3) is 0 Å². The molecule has 0 unspecified atom stereocenters. The summed E-state index contributed by atoms with van der Waals surface area (Å²) < 4.78 is 0. The summed E-state index contributed by atoms with van der Waals surface area (Å²) in [5, 5.41) is 11.7. The van der Waals surface area contributed by atoms with Crippen LogP contribution in [0.4, 0.5) is 5.69 Å². The SMILES string of the molecule is CCCCN(CCO)C(=O)/C=C/c1ccc(NC(C)=O)cc1. The number of anilines is 1. The van der Waals surface area contributed by atoms with Crippen molar-refractivity contribution in [2.24, 2.45) is 0 Å². The molecule has 1 aromatic rings. The minimum Gasteiger partial charge on any atom is -0.395 e. The first-order chi connectivity index (χ1) is 10.6. The van der Waals surface area contributed by atoms with Gasteiger partial charge >= 0.3 is 0 Å². The maximum Gasteiger partial charge on any atom is 0.246 e. The van der Waals surface area contributed by atoms with Gasteiger partial charge in [0.05, 0.1) is 6.61 Å². The molecule has 2 amide bonds. The van der Waals surface area contributed by atoms with Crippen molar-refractivity contribution in [3.63, 3.8) is 0 Å². The molecule has 0 fully saturated rings. The van der Waals surface area contributed by atoms with Crippen LogP contribution in [0, 0.1) is 0 Å². The Balaban J connectivity index is 2.64. The lowest BCUT2D eigenvalue weighted by atomic mass is 10.2. The monoisotopic (exact) mass is 304 g/mol. The molecule has 1 aromatic carbocycles. The topological polar surface area (TPSA) is 69.6 Å². The summed E-state index contributed by atoms with van der Waals surface area (Å²) in [7, 11) is 0. The highest BCUT2D eigenvalue weighted by atomic mass is 16.3. The number of hydrogen-bond donors (Lipinski definition) is 2. The summed E-state index contributed by atoms with van der Waals surface area (Å²) in [6.45, 7) is 4.49. The summed E-state index contributed by atoms with van der Waals surface area (Å²) >= 11 is 0. The Morgan fingerprint density at radius 2 is 1.91 bits per heavy atom. The van der Waals surface area contributed by atoms with Crippen molar-refractivity contribution in [1.82, 2.24) is 4.90 Å². The highest BCUT2D eigenvalue weighted by Crippen LogP contribution is 2.11. The first-order valence-electron chi connectivity index (χ1n) is 7.52. The van der Waals surface area contributed by atoms with Crippen LogP contribution >= 0.6 is 0 Å². The maximum absolute atomic E-state index is 12.1. The first-order valence-corrected chi connectivity index (χ1v) is 7.52. The number of nitrogens with zero attached hydrogens (tertiary/aromatic N) is 1. The van der Waals surface area contributed by atoms with Gasteiger partial charge in [0.1, 0.15) is 0 Å². The van der Waals surface area contributed by atoms with E-state index in [2.05, 4.69) is 12.2 Å². The van der Waals surface area contributed by atoms with Crippen LogP contribution in [0.1, 0.15) is 32.3 Å². The number of aliphatic hydroxyl groups is 1. The number of benzene rings is 1.